The zero-order valence-corrected chi connectivity index (χ0v) is 17.5. The molecule has 1 aromatic rings. The van der Waals surface area contributed by atoms with E-state index in [-0.39, 0.29) is 24.2 Å². The third kappa shape index (κ3) is 6.32. The predicted molar refractivity (Wildman–Crippen MR) is 107 cm³/mol. The molecule has 1 saturated heterocycles. The van der Waals surface area contributed by atoms with Crippen molar-refractivity contribution in [1.82, 2.24) is 9.80 Å². The summed E-state index contributed by atoms with van der Waals surface area (Å²) in [6, 6.07) is 4.77. The first-order chi connectivity index (χ1) is 13.1. The molecule has 28 heavy (non-hydrogen) atoms. The molecule has 0 bridgehead atoms. The number of amides is 2. The van der Waals surface area contributed by atoms with Crippen LogP contribution in [0.4, 0.5) is 4.79 Å². The Hall–Kier alpha value is -2.44. The zero-order valence-electron chi connectivity index (χ0n) is 17.5. The molecule has 0 aromatic heterocycles. The van der Waals surface area contributed by atoms with E-state index in [1.807, 2.05) is 25.7 Å². The highest BCUT2D eigenvalue weighted by Gasteiger charge is 2.27. The van der Waals surface area contributed by atoms with Crippen LogP contribution in [0.3, 0.4) is 0 Å². The van der Waals surface area contributed by atoms with Gasteiger partial charge in [0.15, 0.2) is 0 Å². The van der Waals surface area contributed by atoms with Gasteiger partial charge >= 0.3 is 6.09 Å². The highest BCUT2D eigenvalue weighted by atomic mass is 16.6. The quantitative estimate of drug-likeness (QED) is 0.833. The molecular formula is C21H32N2O5. The Morgan fingerprint density at radius 2 is 1.89 bits per heavy atom. The number of likely N-dealkylation sites (tertiary alicyclic amines) is 1. The lowest BCUT2D eigenvalue weighted by molar-refractivity contribution is -0.132. The van der Waals surface area contributed by atoms with E-state index < -0.39 is 5.60 Å². The summed E-state index contributed by atoms with van der Waals surface area (Å²) in [6.07, 6.45) is 1.56. The first-order valence-electron chi connectivity index (χ1n) is 9.67. The molecule has 156 valence electrons. The first-order valence-corrected chi connectivity index (χ1v) is 9.67. The second-order valence-electron chi connectivity index (χ2n) is 8.36. The summed E-state index contributed by atoms with van der Waals surface area (Å²) in [5.41, 5.74) is 0.174. The van der Waals surface area contributed by atoms with Gasteiger partial charge in [-0.25, -0.2) is 4.79 Å². The number of carbonyl (C=O) groups excluding carboxylic acids is 2. The Morgan fingerprint density at radius 1 is 1.25 bits per heavy atom. The van der Waals surface area contributed by atoms with Crippen molar-refractivity contribution in [2.45, 2.75) is 45.6 Å². The van der Waals surface area contributed by atoms with Gasteiger partial charge in [0.05, 0.1) is 13.5 Å². The summed E-state index contributed by atoms with van der Waals surface area (Å²) < 4.78 is 10.7. The third-order valence-corrected chi connectivity index (χ3v) is 4.81. The van der Waals surface area contributed by atoms with E-state index in [2.05, 4.69) is 0 Å². The molecule has 1 fully saturated rings. The van der Waals surface area contributed by atoms with Crippen LogP contribution in [-0.2, 0) is 16.0 Å². The molecule has 7 nitrogen and oxygen atoms in total. The van der Waals surface area contributed by atoms with E-state index in [1.165, 1.54) is 0 Å². The van der Waals surface area contributed by atoms with Crippen LogP contribution in [0.25, 0.3) is 0 Å². The van der Waals surface area contributed by atoms with Gasteiger partial charge in [-0.2, -0.15) is 0 Å². The largest absolute Gasteiger partial charge is 0.508 e. The van der Waals surface area contributed by atoms with Crippen LogP contribution in [-0.4, -0.2) is 66.3 Å². The number of nitrogens with zero attached hydrogens (tertiary/aromatic N) is 2. The van der Waals surface area contributed by atoms with Gasteiger partial charge in [0.25, 0.3) is 0 Å². The van der Waals surface area contributed by atoms with Crippen LogP contribution in [0.15, 0.2) is 18.2 Å². The maximum Gasteiger partial charge on any atom is 0.410 e. The van der Waals surface area contributed by atoms with Crippen molar-refractivity contribution in [2.24, 2.45) is 5.92 Å². The molecule has 1 heterocycles. The predicted octanol–water partition coefficient (Wildman–Crippen LogP) is 3.05. The van der Waals surface area contributed by atoms with E-state index in [1.54, 1.807) is 37.3 Å². The SMILES string of the molecule is COc1ccc(O)cc1CC(=O)N1CCC(CN(C)C(=O)OC(C)(C)C)CC1. The second kappa shape index (κ2) is 9.17. The van der Waals surface area contributed by atoms with Gasteiger partial charge in [0.2, 0.25) is 5.91 Å². The fraction of sp³-hybridized carbons (Fsp3) is 0.619. The van der Waals surface area contributed by atoms with Crippen molar-refractivity contribution >= 4 is 12.0 Å². The zero-order chi connectivity index (χ0) is 20.9. The number of benzene rings is 1. The summed E-state index contributed by atoms with van der Waals surface area (Å²) in [5.74, 6) is 1.08. The van der Waals surface area contributed by atoms with Gasteiger partial charge in [-0.15, -0.1) is 0 Å². The molecule has 0 aliphatic carbocycles. The average molecular weight is 392 g/mol. The molecule has 0 unspecified atom stereocenters. The van der Waals surface area contributed by atoms with Crippen molar-refractivity contribution in [3.8, 4) is 11.5 Å². The molecule has 1 aliphatic heterocycles. The fourth-order valence-electron chi connectivity index (χ4n) is 3.34. The number of rotatable bonds is 5. The Labute approximate surface area is 167 Å². The molecule has 0 saturated carbocycles. The number of hydrogen-bond acceptors (Lipinski definition) is 5. The molecule has 1 aliphatic rings. The van der Waals surface area contributed by atoms with E-state index in [4.69, 9.17) is 9.47 Å². The number of hydrogen-bond donors (Lipinski definition) is 1. The van der Waals surface area contributed by atoms with E-state index in [0.29, 0.717) is 36.9 Å². The maximum atomic E-state index is 12.6. The summed E-state index contributed by atoms with van der Waals surface area (Å²) in [6.45, 7) is 7.50. The molecule has 0 spiro atoms. The molecule has 7 heteroatoms. The minimum Gasteiger partial charge on any atom is -0.508 e. The fourth-order valence-corrected chi connectivity index (χ4v) is 3.34. The molecule has 0 radical (unpaired) electrons. The Balaban J connectivity index is 1.84. The smallest absolute Gasteiger partial charge is 0.410 e. The van der Waals surface area contributed by atoms with Gasteiger partial charge in [0, 0.05) is 32.2 Å². The number of phenols is 1. The van der Waals surface area contributed by atoms with Crippen LogP contribution in [0.1, 0.15) is 39.2 Å². The molecule has 2 amide bonds. The molecular weight excluding hydrogens is 360 g/mol. The monoisotopic (exact) mass is 392 g/mol. The number of ether oxygens (including phenoxy) is 2. The Bertz CT molecular complexity index is 691. The standard InChI is InChI=1S/C21H32N2O5/c1-21(2,3)28-20(26)22(4)14-15-8-10-23(11-9-15)19(25)13-16-12-17(24)6-7-18(16)27-5/h6-7,12,15,24H,8-11,13-14H2,1-5H3. The van der Waals surface area contributed by atoms with Crippen molar-refractivity contribution in [3.05, 3.63) is 23.8 Å². The van der Waals surface area contributed by atoms with Crippen molar-refractivity contribution < 1.29 is 24.2 Å². The summed E-state index contributed by atoms with van der Waals surface area (Å²) in [5, 5.41) is 9.67. The molecule has 0 atom stereocenters. The maximum absolute atomic E-state index is 12.6. The van der Waals surface area contributed by atoms with Crippen molar-refractivity contribution in [3.63, 3.8) is 0 Å². The van der Waals surface area contributed by atoms with Gasteiger partial charge < -0.3 is 24.4 Å². The average Bonchev–Trinajstić information content (AvgIpc) is 2.61. The lowest BCUT2D eigenvalue weighted by Crippen LogP contribution is -2.43. The number of methoxy groups -OCH3 is 1. The normalized spacial score (nSPS) is 15.2. The topological polar surface area (TPSA) is 79.3 Å². The lowest BCUT2D eigenvalue weighted by Gasteiger charge is -2.34. The Kier molecular flexibility index (Phi) is 7.16. The number of piperidine rings is 1. The summed E-state index contributed by atoms with van der Waals surface area (Å²) in [7, 11) is 3.30. The van der Waals surface area contributed by atoms with E-state index in [9.17, 15) is 14.7 Å². The minimum atomic E-state index is -0.506. The van der Waals surface area contributed by atoms with Gasteiger partial charge in [-0.1, -0.05) is 0 Å². The third-order valence-electron chi connectivity index (χ3n) is 4.81. The summed E-state index contributed by atoms with van der Waals surface area (Å²) >= 11 is 0. The van der Waals surface area contributed by atoms with Crippen LogP contribution < -0.4 is 4.74 Å². The highest BCUT2D eigenvalue weighted by Crippen LogP contribution is 2.25. The summed E-state index contributed by atoms with van der Waals surface area (Å²) in [4.78, 5) is 28.2. The number of phenolic OH excluding ortho intramolecular Hbond substituents is 1. The lowest BCUT2D eigenvalue weighted by atomic mass is 9.96. The van der Waals surface area contributed by atoms with Crippen LogP contribution in [0.5, 0.6) is 11.5 Å². The van der Waals surface area contributed by atoms with Gasteiger partial charge in [-0.3, -0.25) is 4.79 Å². The van der Waals surface area contributed by atoms with Crippen LogP contribution in [0, 0.1) is 5.92 Å². The van der Waals surface area contributed by atoms with E-state index in [0.717, 1.165) is 12.8 Å². The highest BCUT2D eigenvalue weighted by molar-refractivity contribution is 5.79. The van der Waals surface area contributed by atoms with Crippen molar-refractivity contribution in [1.29, 1.82) is 0 Å². The second-order valence-corrected chi connectivity index (χ2v) is 8.36. The van der Waals surface area contributed by atoms with Crippen molar-refractivity contribution in [2.75, 3.05) is 33.8 Å². The van der Waals surface area contributed by atoms with Gasteiger partial charge in [-0.05, 0) is 57.7 Å². The molecule has 1 aromatic carbocycles. The first kappa shape index (κ1) is 21.9. The number of carbonyl (C=O) groups is 2. The Morgan fingerprint density at radius 3 is 2.46 bits per heavy atom. The number of aromatic hydroxyl groups is 1. The van der Waals surface area contributed by atoms with Crippen LogP contribution >= 0.6 is 0 Å². The van der Waals surface area contributed by atoms with Crippen LogP contribution in [0.2, 0.25) is 0 Å². The molecule has 2 rings (SSSR count). The van der Waals surface area contributed by atoms with E-state index >= 15 is 0 Å². The minimum absolute atomic E-state index is 0.0165. The molecule has 1 N–H and O–H groups in total. The van der Waals surface area contributed by atoms with Gasteiger partial charge in [0.1, 0.15) is 17.1 Å².